The van der Waals surface area contributed by atoms with E-state index in [4.69, 9.17) is 9.16 Å². The first-order chi connectivity index (χ1) is 6.40. The minimum absolute atomic E-state index is 0.418. The molecule has 0 saturated carbocycles. The molecule has 0 fully saturated rings. The number of unbranched alkanes of at least 4 members (excludes halogenated alkanes) is 1. The van der Waals surface area contributed by atoms with Crippen LogP contribution in [-0.4, -0.2) is 21.1 Å². The maximum absolute atomic E-state index is 11.2. The van der Waals surface area contributed by atoms with Gasteiger partial charge in [-0.05, 0) is 25.1 Å². The molecule has 0 heterocycles. The molecule has 0 aliphatic rings. The average Bonchev–Trinajstić information content (AvgIpc) is 2.03. The second-order valence-corrected chi connectivity index (χ2v) is 8.88. The van der Waals surface area contributed by atoms with Gasteiger partial charge in [0, 0.05) is 0 Å². The van der Waals surface area contributed by atoms with Gasteiger partial charge in [-0.15, -0.1) is 0 Å². The van der Waals surface area contributed by atoms with Crippen molar-refractivity contribution in [1.29, 1.82) is 0 Å². The van der Waals surface area contributed by atoms with Crippen LogP contribution in [0.5, 0.6) is 0 Å². The third-order valence-corrected chi connectivity index (χ3v) is 5.93. The van der Waals surface area contributed by atoms with Gasteiger partial charge in [0.25, 0.3) is 8.32 Å². The van der Waals surface area contributed by atoms with E-state index in [9.17, 15) is 4.79 Å². The summed E-state index contributed by atoms with van der Waals surface area (Å²) in [5.74, 6) is 0. The number of carbonyl (C=O) groups is 1. The molecule has 0 spiro atoms. The van der Waals surface area contributed by atoms with Crippen molar-refractivity contribution in [2.24, 2.45) is 0 Å². The fourth-order valence-electron chi connectivity index (χ4n) is 0.662. The first-order valence-electron chi connectivity index (χ1n) is 5.26. The monoisotopic (exact) mass is 218 g/mol. The molecule has 0 aromatic rings. The topological polar surface area (TPSA) is 35.5 Å². The van der Waals surface area contributed by atoms with E-state index in [-0.39, 0.29) is 0 Å². The van der Waals surface area contributed by atoms with Crippen molar-refractivity contribution in [3.05, 3.63) is 0 Å². The normalized spacial score (nSPS) is 11.6. The molecule has 0 aromatic carbocycles. The van der Waals surface area contributed by atoms with Gasteiger partial charge >= 0.3 is 6.16 Å². The molecule has 0 aromatic heterocycles. The van der Waals surface area contributed by atoms with Gasteiger partial charge in [0.1, 0.15) is 0 Å². The van der Waals surface area contributed by atoms with Crippen molar-refractivity contribution in [3.8, 4) is 0 Å². The van der Waals surface area contributed by atoms with E-state index in [0.29, 0.717) is 12.1 Å². The summed E-state index contributed by atoms with van der Waals surface area (Å²) < 4.78 is 10.3. The third-order valence-electron chi connectivity index (χ3n) is 2.45. The Balaban J connectivity index is 3.82. The molecule has 14 heavy (non-hydrogen) atoms. The second kappa shape index (κ2) is 6.06. The van der Waals surface area contributed by atoms with E-state index in [1.807, 2.05) is 13.1 Å². The van der Waals surface area contributed by atoms with Crippen LogP contribution in [0.1, 0.15) is 33.6 Å². The van der Waals surface area contributed by atoms with Crippen LogP contribution in [0.3, 0.4) is 0 Å². The number of rotatable bonds is 5. The SMILES string of the molecule is CCCCOC(=O)O[Si](C)(C)C(C)C. The molecule has 0 radical (unpaired) electrons. The van der Waals surface area contributed by atoms with Crippen LogP contribution in [-0.2, 0) is 9.16 Å². The predicted molar refractivity (Wildman–Crippen MR) is 59.9 cm³/mol. The molecule has 0 aliphatic carbocycles. The summed E-state index contributed by atoms with van der Waals surface area (Å²) in [6.07, 6.45) is 1.43. The Morgan fingerprint density at radius 2 is 1.93 bits per heavy atom. The van der Waals surface area contributed by atoms with Crippen molar-refractivity contribution in [2.45, 2.75) is 52.2 Å². The van der Waals surface area contributed by atoms with Crippen LogP contribution in [0.15, 0.2) is 0 Å². The first-order valence-corrected chi connectivity index (χ1v) is 8.24. The summed E-state index contributed by atoms with van der Waals surface area (Å²) in [5, 5.41) is 0. The Hall–Kier alpha value is -0.513. The molecule has 84 valence electrons. The van der Waals surface area contributed by atoms with Crippen LogP contribution in [0, 0.1) is 0 Å². The van der Waals surface area contributed by atoms with Crippen molar-refractivity contribution in [2.75, 3.05) is 6.61 Å². The van der Waals surface area contributed by atoms with Crippen molar-refractivity contribution < 1.29 is 14.0 Å². The van der Waals surface area contributed by atoms with Crippen molar-refractivity contribution in [1.82, 2.24) is 0 Å². The van der Waals surface area contributed by atoms with Gasteiger partial charge in [-0.3, -0.25) is 0 Å². The summed E-state index contributed by atoms with van der Waals surface area (Å²) >= 11 is 0. The van der Waals surface area contributed by atoms with Crippen molar-refractivity contribution in [3.63, 3.8) is 0 Å². The first kappa shape index (κ1) is 13.5. The highest BCUT2D eigenvalue weighted by molar-refractivity contribution is 6.73. The molecule has 0 saturated heterocycles. The Morgan fingerprint density at radius 3 is 2.36 bits per heavy atom. The lowest BCUT2D eigenvalue weighted by Gasteiger charge is -2.25. The quantitative estimate of drug-likeness (QED) is 0.402. The average molecular weight is 218 g/mol. The van der Waals surface area contributed by atoms with Gasteiger partial charge < -0.3 is 9.16 Å². The molecular weight excluding hydrogens is 196 g/mol. The molecule has 0 amide bonds. The smallest absolute Gasteiger partial charge is 0.489 e. The predicted octanol–water partition coefficient (Wildman–Crippen LogP) is 3.55. The zero-order chi connectivity index (χ0) is 11.2. The lowest BCUT2D eigenvalue weighted by Crippen LogP contribution is -2.36. The summed E-state index contributed by atoms with van der Waals surface area (Å²) in [4.78, 5) is 11.2. The van der Waals surface area contributed by atoms with Gasteiger partial charge in [-0.1, -0.05) is 27.2 Å². The number of ether oxygens (including phenoxy) is 1. The highest BCUT2D eigenvalue weighted by Gasteiger charge is 2.31. The third kappa shape index (κ3) is 5.27. The minimum atomic E-state index is -1.88. The number of carbonyl (C=O) groups excluding carboxylic acids is 1. The van der Waals surface area contributed by atoms with Crippen LogP contribution >= 0.6 is 0 Å². The van der Waals surface area contributed by atoms with Crippen LogP contribution in [0.4, 0.5) is 4.79 Å². The summed E-state index contributed by atoms with van der Waals surface area (Å²) in [7, 11) is -1.88. The molecule has 0 bridgehead atoms. The molecule has 3 nitrogen and oxygen atoms in total. The number of hydrogen-bond donors (Lipinski definition) is 0. The Bertz CT molecular complexity index is 178. The van der Waals surface area contributed by atoms with Gasteiger partial charge in [-0.2, -0.15) is 0 Å². The van der Waals surface area contributed by atoms with E-state index < -0.39 is 14.5 Å². The zero-order valence-electron chi connectivity index (χ0n) is 9.92. The lowest BCUT2D eigenvalue weighted by atomic mass is 10.4. The summed E-state index contributed by atoms with van der Waals surface area (Å²) in [6, 6.07) is 0. The molecule has 4 heteroatoms. The van der Waals surface area contributed by atoms with E-state index >= 15 is 0 Å². The Labute approximate surface area is 87.9 Å². The molecule has 0 unspecified atom stereocenters. The molecule has 0 atom stereocenters. The largest absolute Gasteiger partial charge is 0.494 e. The Kier molecular flexibility index (Phi) is 5.84. The van der Waals surface area contributed by atoms with E-state index in [2.05, 4.69) is 20.8 Å². The highest BCUT2D eigenvalue weighted by Crippen LogP contribution is 2.21. The maximum atomic E-state index is 11.2. The summed E-state index contributed by atoms with van der Waals surface area (Å²) in [5.41, 5.74) is 0.418. The molecule has 0 rings (SSSR count). The van der Waals surface area contributed by atoms with Gasteiger partial charge in [-0.25, -0.2) is 4.79 Å². The second-order valence-electron chi connectivity index (χ2n) is 4.31. The van der Waals surface area contributed by atoms with Gasteiger partial charge in [0.05, 0.1) is 6.61 Å². The van der Waals surface area contributed by atoms with Crippen LogP contribution < -0.4 is 0 Å². The highest BCUT2D eigenvalue weighted by atomic mass is 28.4. The fraction of sp³-hybridized carbons (Fsp3) is 0.900. The summed E-state index contributed by atoms with van der Waals surface area (Å²) in [6.45, 7) is 10.7. The van der Waals surface area contributed by atoms with Gasteiger partial charge in [0.15, 0.2) is 0 Å². The molecule has 0 N–H and O–H groups in total. The lowest BCUT2D eigenvalue weighted by molar-refractivity contribution is 0.0946. The van der Waals surface area contributed by atoms with Crippen molar-refractivity contribution >= 4 is 14.5 Å². The molecule has 0 aliphatic heterocycles. The van der Waals surface area contributed by atoms with E-state index in [0.717, 1.165) is 12.8 Å². The molecular formula is C10H22O3Si. The van der Waals surface area contributed by atoms with E-state index in [1.54, 1.807) is 0 Å². The fourth-order valence-corrected chi connectivity index (χ4v) is 1.39. The Morgan fingerprint density at radius 1 is 1.36 bits per heavy atom. The maximum Gasteiger partial charge on any atom is 0.494 e. The van der Waals surface area contributed by atoms with Crippen LogP contribution in [0.25, 0.3) is 0 Å². The van der Waals surface area contributed by atoms with Gasteiger partial charge in [0.2, 0.25) is 0 Å². The standard InChI is InChI=1S/C10H22O3Si/c1-6-7-8-12-10(11)13-14(4,5)9(2)3/h9H,6-8H2,1-5H3. The van der Waals surface area contributed by atoms with Crippen LogP contribution in [0.2, 0.25) is 18.6 Å². The minimum Gasteiger partial charge on any atom is -0.489 e. The zero-order valence-corrected chi connectivity index (χ0v) is 10.9. The van der Waals surface area contributed by atoms with E-state index in [1.165, 1.54) is 0 Å². The number of hydrogen-bond acceptors (Lipinski definition) is 3.